The number of hydrogen-bond acceptors (Lipinski definition) is 4. The quantitative estimate of drug-likeness (QED) is 0.836. The van der Waals surface area contributed by atoms with Crippen LogP contribution in [0.2, 0.25) is 0 Å². The van der Waals surface area contributed by atoms with Crippen LogP contribution in [0.25, 0.3) is 0 Å². The van der Waals surface area contributed by atoms with Crippen molar-refractivity contribution in [3.8, 4) is 0 Å². The van der Waals surface area contributed by atoms with E-state index in [0.717, 1.165) is 30.9 Å². The summed E-state index contributed by atoms with van der Waals surface area (Å²) in [6.07, 6.45) is 4.48. The summed E-state index contributed by atoms with van der Waals surface area (Å²) in [5.41, 5.74) is 0.772. The van der Waals surface area contributed by atoms with E-state index in [1.807, 2.05) is 13.1 Å². The molecule has 2 heterocycles. The van der Waals surface area contributed by atoms with E-state index < -0.39 is 11.9 Å². The topological polar surface area (TPSA) is 65.5 Å². The lowest BCUT2D eigenvalue weighted by atomic mass is 9.97. The monoisotopic (exact) mass is 262 g/mol. The lowest BCUT2D eigenvalue weighted by Gasteiger charge is -2.23. The van der Waals surface area contributed by atoms with Gasteiger partial charge in [-0.1, -0.05) is 13.0 Å². The Bertz CT molecular complexity index is 450. The summed E-state index contributed by atoms with van der Waals surface area (Å²) in [7, 11) is 1.95. The van der Waals surface area contributed by atoms with Crippen LogP contribution in [0.3, 0.4) is 0 Å². The minimum absolute atomic E-state index is 0.448. The number of carbonyl (C=O) groups is 1. The molecule has 1 aliphatic rings. The number of carboxylic acids is 1. The molecule has 2 atom stereocenters. The molecule has 2 rings (SSSR count). The second-order valence-electron chi connectivity index (χ2n) is 4.79. The molecule has 1 saturated heterocycles. The number of pyridine rings is 1. The van der Waals surface area contributed by atoms with Crippen LogP contribution in [0, 0.1) is 6.42 Å². The average Bonchev–Trinajstić information content (AvgIpc) is 2.88. The van der Waals surface area contributed by atoms with Crippen LogP contribution >= 0.6 is 0 Å². The normalized spacial score (nSPS) is 20.5. The zero-order chi connectivity index (χ0) is 13.8. The number of rotatable bonds is 5. The van der Waals surface area contributed by atoms with Crippen molar-refractivity contribution >= 4 is 11.8 Å². The van der Waals surface area contributed by atoms with Crippen molar-refractivity contribution in [2.45, 2.75) is 25.3 Å². The molecule has 2 N–H and O–H groups in total. The summed E-state index contributed by atoms with van der Waals surface area (Å²) in [6, 6.07) is 4.10. The molecule has 19 heavy (non-hydrogen) atoms. The molecule has 0 amide bonds. The molecule has 1 unspecified atom stereocenters. The van der Waals surface area contributed by atoms with E-state index in [2.05, 4.69) is 15.2 Å². The average molecular weight is 262 g/mol. The number of likely N-dealkylation sites (N-methyl/N-ethyl adjacent to an activating group) is 1. The van der Waals surface area contributed by atoms with Crippen molar-refractivity contribution in [2.24, 2.45) is 0 Å². The van der Waals surface area contributed by atoms with Gasteiger partial charge in [0.1, 0.15) is 5.82 Å². The molecule has 103 valence electrons. The molecule has 1 aromatic heterocycles. The van der Waals surface area contributed by atoms with Gasteiger partial charge in [-0.3, -0.25) is 4.79 Å². The second kappa shape index (κ2) is 6.02. The number of hydrogen-bond donors (Lipinski definition) is 2. The van der Waals surface area contributed by atoms with Crippen LogP contribution in [0.4, 0.5) is 5.82 Å². The summed E-state index contributed by atoms with van der Waals surface area (Å²) < 4.78 is 0. The Kier molecular flexibility index (Phi) is 4.37. The van der Waals surface area contributed by atoms with Gasteiger partial charge in [0.15, 0.2) is 0 Å². The highest BCUT2D eigenvalue weighted by Crippen LogP contribution is 2.29. The third-order valence-electron chi connectivity index (χ3n) is 3.65. The van der Waals surface area contributed by atoms with Crippen molar-refractivity contribution in [1.29, 1.82) is 0 Å². The van der Waals surface area contributed by atoms with Gasteiger partial charge in [-0.2, -0.15) is 0 Å². The first kappa shape index (κ1) is 13.8. The fourth-order valence-corrected chi connectivity index (χ4v) is 2.56. The Balaban J connectivity index is 2.28. The largest absolute Gasteiger partial charge is 0.481 e. The van der Waals surface area contributed by atoms with Crippen LogP contribution in [0.5, 0.6) is 0 Å². The predicted molar refractivity (Wildman–Crippen MR) is 74.3 cm³/mol. The molecule has 0 saturated carbocycles. The first-order valence-electron chi connectivity index (χ1n) is 6.56. The molecule has 1 aliphatic heterocycles. The highest BCUT2D eigenvalue weighted by molar-refractivity contribution is 5.80. The number of carboxylic acid groups (broad SMARTS) is 1. The number of aliphatic carboxylic acids is 1. The molecule has 5 heteroatoms. The minimum Gasteiger partial charge on any atom is -0.481 e. The molecular formula is C14H20N3O2. The van der Waals surface area contributed by atoms with Crippen molar-refractivity contribution in [3.63, 3.8) is 0 Å². The van der Waals surface area contributed by atoms with Gasteiger partial charge in [0, 0.05) is 30.9 Å². The molecule has 0 bridgehead atoms. The van der Waals surface area contributed by atoms with Crippen molar-refractivity contribution in [2.75, 3.05) is 25.0 Å². The summed E-state index contributed by atoms with van der Waals surface area (Å²) in [5.74, 6) is -0.635. The van der Waals surface area contributed by atoms with E-state index in [1.165, 1.54) is 0 Å². The molecular weight excluding hydrogens is 242 g/mol. The van der Waals surface area contributed by atoms with Gasteiger partial charge in [0.25, 0.3) is 0 Å². The predicted octanol–water partition coefficient (Wildman–Crippen LogP) is 1.27. The standard InChI is InChI=1S/C14H20N3O2/c1-3-11(14(18)19)12-5-4-7-16-13(12)17-8-6-10(9-17)15-2/h3-5,7,10-11,15H,6,8-9H2,1-2H3,(H,18,19)/t10-,11?/m0/s1. The molecule has 0 aromatic carbocycles. The van der Waals surface area contributed by atoms with Gasteiger partial charge < -0.3 is 15.3 Å². The molecule has 5 nitrogen and oxygen atoms in total. The lowest BCUT2D eigenvalue weighted by Crippen LogP contribution is -2.30. The first-order valence-corrected chi connectivity index (χ1v) is 6.56. The number of nitrogens with zero attached hydrogens (tertiary/aromatic N) is 2. The van der Waals surface area contributed by atoms with Gasteiger partial charge in [0.05, 0.1) is 5.92 Å². The highest BCUT2D eigenvalue weighted by atomic mass is 16.4. The number of nitrogens with one attached hydrogen (secondary N) is 1. The van der Waals surface area contributed by atoms with E-state index in [-0.39, 0.29) is 0 Å². The number of aromatic nitrogens is 1. The van der Waals surface area contributed by atoms with E-state index in [0.29, 0.717) is 6.04 Å². The molecule has 1 radical (unpaired) electrons. The maximum atomic E-state index is 11.3. The van der Waals surface area contributed by atoms with E-state index in [1.54, 1.807) is 25.6 Å². The van der Waals surface area contributed by atoms with E-state index in [9.17, 15) is 9.90 Å². The van der Waals surface area contributed by atoms with Crippen LogP contribution in [-0.2, 0) is 4.79 Å². The highest BCUT2D eigenvalue weighted by Gasteiger charge is 2.28. The smallest absolute Gasteiger partial charge is 0.311 e. The van der Waals surface area contributed by atoms with Crippen molar-refractivity contribution in [1.82, 2.24) is 10.3 Å². The third-order valence-corrected chi connectivity index (χ3v) is 3.65. The van der Waals surface area contributed by atoms with Crippen LogP contribution in [-0.4, -0.2) is 42.2 Å². The van der Waals surface area contributed by atoms with Crippen LogP contribution in [0.15, 0.2) is 18.3 Å². The summed E-state index contributed by atoms with van der Waals surface area (Å²) in [6.45, 7) is 3.55. The van der Waals surface area contributed by atoms with Gasteiger partial charge in [0.2, 0.25) is 0 Å². The van der Waals surface area contributed by atoms with E-state index >= 15 is 0 Å². The molecule has 1 fully saturated rings. The maximum Gasteiger partial charge on any atom is 0.311 e. The Morgan fingerprint density at radius 3 is 3.05 bits per heavy atom. The zero-order valence-corrected chi connectivity index (χ0v) is 11.3. The van der Waals surface area contributed by atoms with E-state index in [4.69, 9.17) is 0 Å². The van der Waals surface area contributed by atoms with Gasteiger partial charge in [-0.25, -0.2) is 4.98 Å². The Labute approximate surface area is 113 Å². The summed E-state index contributed by atoms with van der Waals surface area (Å²) in [5, 5.41) is 12.6. The fourth-order valence-electron chi connectivity index (χ4n) is 2.56. The van der Waals surface area contributed by atoms with Gasteiger partial charge in [-0.05, 0) is 26.0 Å². The zero-order valence-electron chi connectivity index (χ0n) is 11.3. The van der Waals surface area contributed by atoms with Gasteiger partial charge >= 0.3 is 5.97 Å². The Morgan fingerprint density at radius 2 is 2.47 bits per heavy atom. The third kappa shape index (κ3) is 2.87. The Hall–Kier alpha value is -1.62. The van der Waals surface area contributed by atoms with Crippen LogP contribution < -0.4 is 10.2 Å². The Morgan fingerprint density at radius 1 is 1.68 bits per heavy atom. The fraction of sp³-hybridized carbons (Fsp3) is 0.500. The maximum absolute atomic E-state index is 11.3. The molecule has 1 aromatic rings. The number of anilines is 1. The summed E-state index contributed by atoms with van der Waals surface area (Å²) >= 11 is 0. The second-order valence-corrected chi connectivity index (χ2v) is 4.79. The van der Waals surface area contributed by atoms with Crippen molar-refractivity contribution < 1.29 is 9.90 Å². The SMILES string of the molecule is C[CH]C(C(=O)O)c1cccnc1N1CC[C@H](NC)C1. The first-order chi connectivity index (χ1) is 9.17. The molecule has 0 spiro atoms. The summed E-state index contributed by atoms with van der Waals surface area (Å²) in [4.78, 5) is 17.9. The lowest BCUT2D eigenvalue weighted by molar-refractivity contribution is -0.137. The van der Waals surface area contributed by atoms with Crippen molar-refractivity contribution in [3.05, 3.63) is 30.3 Å². The minimum atomic E-state index is -0.832. The molecule has 0 aliphatic carbocycles. The van der Waals surface area contributed by atoms with Crippen LogP contribution in [0.1, 0.15) is 24.8 Å². The van der Waals surface area contributed by atoms with Gasteiger partial charge in [-0.15, -0.1) is 0 Å².